The second kappa shape index (κ2) is 3.98. The Balaban J connectivity index is 2.08. The van der Waals surface area contributed by atoms with Gasteiger partial charge in [0.15, 0.2) is 0 Å². The van der Waals surface area contributed by atoms with E-state index in [2.05, 4.69) is 46.9 Å². The summed E-state index contributed by atoms with van der Waals surface area (Å²) in [6.07, 6.45) is 4.77. The second-order valence-electron chi connectivity index (χ2n) is 8.57. The number of amides is 1. The Labute approximate surface area is 112 Å². The molecule has 0 unspecified atom stereocenters. The van der Waals surface area contributed by atoms with Crippen molar-refractivity contribution in [2.75, 3.05) is 0 Å². The summed E-state index contributed by atoms with van der Waals surface area (Å²) in [6.45, 7) is 13.3. The van der Waals surface area contributed by atoms with Gasteiger partial charge >= 0.3 is 0 Å². The van der Waals surface area contributed by atoms with Gasteiger partial charge in [-0.25, -0.2) is 0 Å². The zero-order chi connectivity index (χ0) is 13.8. The molecule has 2 heteroatoms. The van der Waals surface area contributed by atoms with Crippen LogP contribution in [-0.2, 0) is 4.79 Å². The zero-order valence-corrected chi connectivity index (χ0v) is 12.9. The van der Waals surface area contributed by atoms with Crippen molar-refractivity contribution in [1.82, 2.24) is 5.32 Å². The number of hydrogen-bond acceptors (Lipinski definition) is 1. The van der Waals surface area contributed by atoms with Crippen molar-refractivity contribution in [3.05, 3.63) is 0 Å². The number of nitrogens with one attached hydrogen (secondary N) is 1. The van der Waals surface area contributed by atoms with Gasteiger partial charge in [0.2, 0.25) is 5.91 Å². The van der Waals surface area contributed by atoms with Gasteiger partial charge in [0.05, 0.1) is 5.41 Å². The van der Waals surface area contributed by atoms with Crippen LogP contribution in [0.3, 0.4) is 0 Å². The van der Waals surface area contributed by atoms with Gasteiger partial charge in [0.1, 0.15) is 0 Å². The summed E-state index contributed by atoms with van der Waals surface area (Å²) in [5, 5.41) is 3.38. The summed E-state index contributed by atoms with van der Waals surface area (Å²) >= 11 is 0. The van der Waals surface area contributed by atoms with E-state index in [0.717, 1.165) is 12.8 Å². The molecule has 0 atom stereocenters. The number of carbonyl (C=O) groups is 1. The smallest absolute Gasteiger partial charge is 0.226 e. The van der Waals surface area contributed by atoms with E-state index in [-0.39, 0.29) is 22.3 Å². The van der Waals surface area contributed by atoms with E-state index in [9.17, 15) is 4.79 Å². The molecule has 1 N–H and O–H groups in total. The fourth-order valence-electron chi connectivity index (χ4n) is 3.60. The highest BCUT2D eigenvalue weighted by atomic mass is 16.2. The van der Waals surface area contributed by atoms with Crippen LogP contribution in [0.2, 0.25) is 0 Å². The Hall–Kier alpha value is -0.530. The molecule has 2 aliphatic rings. The highest BCUT2D eigenvalue weighted by Crippen LogP contribution is 2.61. The third-order valence-corrected chi connectivity index (χ3v) is 4.61. The summed E-state index contributed by atoms with van der Waals surface area (Å²) in [7, 11) is 0. The first-order chi connectivity index (χ1) is 8.07. The normalized spacial score (nSPS) is 23.1. The number of carbonyl (C=O) groups excluding carboxylic acids is 1. The average Bonchev–Trinajstić information content (AvgIpc) is 2.95. The van der Waals surface area contributed by atoms with Crippen molar-refractivity contribution in [3.8, 4) is 0 Å². The monoisotopic (exact) mass is 251 g/mol. The zero-order valence-electron chi connectivity index (χ0n) is 12.9. The Kier molecular flexibility index (Phi) is 3.07. The van der Waals surface area contributed by atoms with Gasteiger partial charge in [0, 0.05) is 6.04 Å². The third kappa shape index (κ3) is 2.57. The highest BCUT2D eigenvalue weighted by molar-refractivity contribution is 5.86. The second-order valence-corrected chi connectivity index (χ2v) is 8.57. The van der Waals surface area contributed by atoms with Crippen molar-refractivity contribution in [3.63, 3.8) is 0 Å². The van der Waals surface area contributed by atoms with Crippen molar-refractivity contribution in [2.24, 2.45) is 22.2 Å². The van der Waals surface area contributed by atoms with Crippen LogP contribution in [0.1, 0.15) is 67.2 Å². The molecule has 0 aromatic rings. The average molecular weight is 251 g/mol. The molecule has 18 heavy (non-hydrogen) atoms. The minimum atomic E-state index is 0.0365. The van der Waals surface area contributed by atoms with Crippen molar-refractivity contribution in [2.45, 2.75) is 73.3 Å². The lowest BCUT2D eigenvalue weighted by atomic mass is 9.71. The standard InChI is InChI=1S/C16H29NO/c1-14(2,3)12(15(4,5)6)17-13(18)16(9-10-16)11-7-8-11/h11-12H,7-10H2,1-6H3,(H,17,18). The predicted octanol–water partition coefficient (Wildman–Crippen LogP) is 3.75. The fourth-order valence-corrected chi connectivity index (χ4v) is 3.60. The Morgan fingerprint density at radius 2 is 1.50 bits per heavy atom. The summed E-state index contributed by atoms with van der Waals surface area (Å²) in [4.78, 5) is 12.6. The summed E-state index contributed by atoms with van der Waals surface area (Å²) in [6, 6.07) is 0.230. The maximum Gasteiger partial charge on any atom is 0.226 e. The predicted molar refractivity (Wildman–Crippen MR) is 75.2 cm³/mol. The van der Waals surface area contributed by atoms with Crippen LogP contribution in [0.25, 0.3) is 0 Å². The van der Waals surface area contributed by atoms with E-state index in [1.807, 2.05) is 0 Å². The van der Waals surface area contributed by atoms with Crippen molar-refractivity contribution >= 4 is 5.91 Å². The maximum absolute atomic E-state index is 12.6. The molecular formula is C16H29NO. The van der Waals surface area contributed by atoms with Gasteiger partial charge in [-0.1, -0.05) is 41.5 Å². The first-order valence-electron chi connectivity index (χ1n) is 7.38. The Morgan fingerprint density at radius 3 is 1.78 bits per heavy atom. The van der Waals surface area contributed by atoms with Gasteiger partial charge < -0.3 is 5.32 Å². The fraction of sp³-hybridized carbons (Fsp3) is 0.938. The largest absolute Gasteiger partial charge is 0.352 e. The van der Waals surface area contributed by atoms with Crippen LogP contribution in [0.5, 0.6) is 0 Å². The quantitative estimate of drug-likeness (QED) is 0.813. The van der Waals surface area contributed by atoms with Crippen molar-refractivity contribution in [1.29, 1.82) is 0 Å². The lowest BCUT2D eigenvalue weighted by molar-refractivity contribution is -0.129. The molecule has 0 heterocycles. The molecule has 0 saturated heterocycles. The summed E-state index contributed by atoms with van der Waals surface area (Å²) < 4.78 is 0. The lowest BCUT2D eigenvalue weighted by Gasteiger charge is -2.42. The number of hydrogen-bond donors (Lipinski definition) is 1. The van der Waals surface area contributed by atoms with Crippen LogP contribution < -0.4 is 5.32 Å². The highest BCUT2D eigenvalue weighted by Gasteiger charge is 2.59. The molecule has 0 radical (unpaired) electrons. The van der Waals surface area contributed by atoms with Crippen LogP contribution >= 0.6 is 0 Å². The molecule has 104 valence electrons. The van der Waals surface area contributed by atoms with Gasteiger partial charge in [-0.05, 0) is 42.4 Å². The van der Waals surface area contributed by atoms with Crippen LogP contribution in [0.4, 0.5) is 0 Å². The first kappa shape index (κ1) is 13.9. The van der Waals surface area contributed by atoms with Crippen LogP contribution in [0.15, 0.2) is 0 Å². The molecule has 2 rings (SSSR count). The Morgan fingerprint density at radius 1 is 1.06 bits per heavy atom. The van der Waals surface area contributed by atoms with Gasteiger partial charge in [-0.2, -0.15) is 0 Å². The van der Waals surface area contributed by atoms with E-state index < -0.39 is 0 Å². The van der Waals surface area contributed by atoms with E-state index in [4.69, 9.17) is 0 Å². The molecule has 0 aromatic carbocycles. The van der Waals surface area contributed by atoms with E-state index in [1.165, 1.54) is 12.8 Å². The van der Waals surface area contributed by atoms with Gasteiger partial charge in [0.25, 0.3) is 0 Å². The molecule has 0 aromatic heterocycles. The SMILES string of the molecule is CC(C)(C)C(NC(=O)C1(C2CC2)CC1)C(C)(C)C. The first-order valence-corrected chi connectivity index (χ1v) is 7.38. The maximum atomic E-state index is 12.6. The van der Waals surface area contributed by atoms with Gasteiger partial charge in [-0.3, -0.25) is 4.79 Å². The molecule has 0 aliphatic heterocycles. The summed E-state index contributed by atoms with van der Waals surface area (Å²) in [5.41, 5.74) is 0.246. The molecular weight excluding hydrogens is 222 g/mol. The lowest BCUT2D eigenvalue weighted by Crippen LogP contribution is -2.53. The molecule has 0 bridgehead atoms. The molecule has 2 aliphatic carbocycles. The van der Waals surface area contributed by atoms with Crippen molar-refractivity contribution < 1.29 is 4.79 Å². The summed E-state index contributed by atoms with van der Waals surface area (Å²) in [5.74, 6) is 1.03. The topological polar surface area (TPSA) is 29.1 Å². The van der Waals surface area contributed by atoms with Gasteiger partial charge in [-0.15, -0.1) is 0 Å². The number of rotatable bonds is 3. The Bertz CT molecular complexity index is 323. The molecule has 0 spiro atoms. The molecule has 2 fully saturated rings. The van der Waals surface area contributed by atoms with E-state index >= 15 is 0 Å². The molecule has 2 saturated carbocycles. The molecule has 1 amide bonds. The third-order valence-electron chi connectivity index (χ3n) is 4.61. The van der Waals surface area contributed by atoms with E-state index in [1.54, 1.807) is 0 Å². The molecule has 2 nitrogen and oxygen atoms in total. The minimum absolute atomic E-state index is 0.0365. The van der Waals surface area contributed by atoms with Crippen LogP contribution in [-0.4, -0.2) is 11.9 Å². The minimum Gasteiger partial charge on any atom is -0.352 e. The van der Waals surface area contributed by atoms with E-state index in [0.29, 0.717) is 11.8 Å². The van der Waals surface area contributed by atoms with Crippen LogP contribution in [0, 0.1) is 22.2 Å².